The summed E-state index contributed by atoms with van der Waals surface area (Å²) >= 11 is 0. The first kappa shape index (κ1) is 23.6. The SMILES string of the molecule is COC(=O)C1Cc2ccc(Oc3ccc(C(C)(C)C)cc3)cc2CN1C(=O)OC(C)(C)C. The van der Waals surface area contributed by atoms with Gasteiger partial charge in [0.2, 0.25) is 0 Å². The van der Waals surface area contributed by atoms with E-state index in [0.717, 1.165) is 16.9 Å². The second-order valence-electron chi connectivity index (χ2n) is 10.2. The number of hydrogen-bond donors (Lipinski definition) is 0. The van der Waals surface area contributed by atoms with Crippen molar-refractivity contribution in [1.82, 2.24) is 4.90 Å². The maximum absolute atomic E-state index is 12.8. The first-order chi connectivity index (χ1) is 14.9. The Hall–Kier alpha value is -3.02. The van der Waals surface area contributed by atoms with Crippen LogP contribution < -0.4 is 4.74 Å². The summed E-state index contributed by atoms with van der Waals surface area (Å²) in [6.45, 7) is 12.1. The fourth-order valence-electron chi connectivity index (χ4n) is 3.64. The van der Waals surface area contributed by atoms with E-state index in [0.29, 0.717) is 12.2 Å². The molecule has 172 valence electrons. The van der Waals surface area contributed by atoms with E-state index in [2.05, 4.69) is 32.9 Å². The van der Waals surface area contributed by atoms with Crippen LogP contribution in [0.3, 0.4) is 0 Å². The number of carbonyl (C=O) groups excluding carboxylic acids is 2. The number of nitrogens with zero attached hydrogens (tertiary/aromatic N) is 1. The van der Waals surface area contributed by atoms with Crippen molar-refractivity contribution in [2.24, 2.45) is 0 Å². The highest BCUT2D eigenvalue weighted by atomic mass is 16.6. The lowest BCUT2D eigenvalue weighted by molar-refractivity contribution is -0.147. The summed E-state index contributed by atoms with van der Waals surface area (Å²) in [6.07, 6.45) is -0.176. The van der Waals surface area contributed by atoms with E-state index in [4.69, 9.17) is 14.2 Å². The minimum Gasteiger partial charge on any atom is -0.467 e. The average molecular weight is 440 g/mol. The third kappa shape index (κ3) is 5.61. The monoisotopic (exact) mass is 439 g/mol. The smallest absolute Gasteiger partial charge is 0.411 e. The van der Waals surface area contributed by atoms with Crippen LogP contribution in [0.4, 0.5) is 4.79 Å². The van der Waals surface area contributed by atoms with E-state index in [9.17, 15) is 9.59 Å². The van der Waals surface area contributed by atoms with Crippen LogP contribution in [-0.4, -0.2) is 35.7 Å². The zero-order chi connectivity index (χ0) is 23.7. The Labute approximate surface area is 190 Å². The lowest BCUT2D eigenvalue weighted by atomic mass is 9.87. The molecular weight excluding hydrogens is 406 g/mol. The van der Waals surface area contributed by atoms with E-state index in [-0.39, 0.29) is 12.0 Å². The maximum Gasteiger partial charge on any atom is 0.411 e. The molecule has 0 saturated carbocycles. The lowest BCUT2D eigenvalue weighted by Crippen LogP contribution is -2.50. The van der Waals surface area contributed by atoms with Crippen LogP contribution in [0.15, 0.2) is 42.5 Å². The molecule has 0 aromatic heterocycles. The molecule has 2 aromatic rings. The van der Waals surface area contributed by atoms with E-state index in [1.165, 1.54) is 17.6 Å². The minimum atomic E-state index is -0.723. The molecule has 1 heterocycles. The van der Waals surface area contributed by atoms with Crippen LogP contribution in [0.2, 0.25) is 0 Å². The topological polar surface area (TPSA) is 65.1 Å². The molecule has 0 fully saturated rings. The first-order valence-corrected chi connectivity index (χ1v) is 10.8. The van der Waals surface area contributed by atoms with E-state index in [1.807, 2.05) is 30.3 Å². The second-order valence-corrected chi connectivity index (χ2v) is 10.2. The van der Waals surface area contributed by atoms with Gasteiger partial charge in [0.05, 0.1) is 13.7 Å². The Morgan fingerprint density at radius 1 is 0.906 bits per heavy atom. The standard InChI is InChI=1S/C26H33NO5/c1-25(2,3)19-9-12-20(13-10-19)31-21-11-8-17-15-22(23(28)30-7)27(16-18(17)14-21)24(29)32-26(4,5)6/h8-14,22H,15-16H2,1-7H3. The van der Waals surface area contributed by atoms with Gasteiger partial charge >= 0.3 is 12.1 Å². The molecule has 6 heteroatoms. The average Bonchev–Trinajstić information content (AvgIpc) is 2.70. The molecule has 0 radical (unpaired) electrons. The van der Waals surface area contributed by atoms with Crippen molar-refractivity contribution in [3.05, 3.63) is 59.2 Å². The summed E-state index contributed by atoms with van der Waals surface area (Å²) in [6, 6.07) is 13.1. The van der Waals surface area contributed by atoms with Crippen LogP contribution >= 0.6 is 0 Å². The van der Waals surface area contributed by atoms with Gasteiger partial charge in [0.25, 0.3) is 0 Å². The Morgan fingerprint density at radius 2 is 1.53 bits per heavy atom. The third-order valence-corrected chi connectivity index (χ3v) is 5.37. The highest BCUT2D eigenvalue weighted by Crippen LogP contribution is 2.32. The molecule has 1 amide bonds. The predicted molar refractivity (Wildman–Crippen MR) is 123 cm³/mol. The van der Waals surface area contributed by atoms with Crippen molar-refractivity contribution < 1.29 is 23.8 Å². The van der Waals surface area contributed by atoms with Gasteiger partial charge in [-0.15, -0.1) is 0 Å². The van der Waals surface area contributed by atoms with Crippen LogP contribution in [0, 0.1) is 0 Å². The number of methoxy groups -OCH3 is 1. The largest absolute Gasteiger partial charge is 0.467 e. The molecule has 1 atom stereocenters. The highest BCUT2D eigenvalue weighted by Gasteiger charge is 2.37. The molecule has 0 aliphatic carbocycles. The van der Waals surface area contributed by atoms with Crippen molar-refractivity contribution >= 4 is 12.1 Å². The fourth-order valence-corrected chi connectivity index (χ4v) is 3.64. The van der Waals surface area contributed by atoms with Gasteiger partial charge in [-0.1, -0.05) is 39.0 Å². The summed E-state index contributed by atoms with van der Waals surface area (Å²) < 4.78 is 16.5. The van der Waals surface area contributed by atoms with Crippen LogP contribution in [0.1, 0.15) is 58.2 Å². The zero-order valence-corrected chi connectivity index (χ0v) is 20.0. The Balaban J connectivity index is 1.83. The molecule has 0 N–H and O–H groups in total. The molecule has 0 spiro atoms. The number of ether oxygens (including phenoxy) is 3. The van der Waals surface area contributed by atoms with Gasteiger partial charge in [-0.25, -0.2) is 9.59 Å². The van der Waals surface area contributed by atoms with Gasteiger partial charge < -0.3 is 14.2 Å². The molecule has 1 aliphatic heterocycles. The predicted octanol–water partition coefficient (Wildman–Crippen LogP) is 5.61. The van der Waals surface area contributed by atoms with Gasteiger partial charge in [-0.3, -0.25) is 4.90 Å². The zero-order valence-electron chi connectivity index (χ0n) is 20.0. The number of amides is 1. The number of carbonyl (C=O) groups is 2. The number of benzene rings is 2. The van der Waals surface area contributed by atoms with Gasteiger partial charge in [0, 0.05) is 6.42 Å². The molecular formula is C26H33NO5. The summed E-state index contributed by atoms with van der Waals surface area (Å²) in [5.74, 6) is 0.957. The van der Waals surface area contributed by atoms with Gasteiger partial charge in [-0.2, -0.15) is 0 Å². The molecule has 0 bridgehead atoms. The second kappa shape index (κ2) is 8.85. The number of hydrogen-bond acceptors (Lipinski definition) is 5. The van der Waals surface area contributed by atoms with Crippen molar-refractivity contribution in [2.75, 3.05) is 7.11 Å². The number of fused-ring (bicyclic) bond motifs is 1. The van der Waals surface area contributed by atoms with Crippen molar-refractivity contribution in [2.45, 2.75) is 71.6 Å². The minimum absolute atomic E-state index is 0.0751. The Morgan fingerprint density at radius 3 is 2.09 bits per heavy atom. The van der Waals surface area contributed by atoms with Crippen molar-refractivity contribution in [3.63, 3.8) is 0 Å². The molecule has 32 heavy (non-hydrogen) atoms. The van der Waals surface area contributed by atoms with Crippen molar-refractivity contribution in [3.8, 4) is 11.5 Å². The molecule has 2 aromatic carbocycles. The third-order valence-electron chi connectivity index (χ3n) is 5.37. The van der Waals surface area contributed by atoms with Crippen LogP contribution in [0.25, 0.3) is 0 Å². The number of esters is 1. The van der Waals surface area contributed by atoms with E-state index < -0.39 is 23.7 Å². The quantitative estimate of drug-likeness (QED) is 0.582. The van der Waals surface area contributed by atoms with E-state index >= 15 is 0 Å². The molecule has 3 rings (SSSR count). The van der Waals surface area contributed by atoms with Crippen LogP contribution in [0.5, 0.6) is 11.5 Å². The normalized spacial score (nSPS) is 16.2. The fraction of sp³-hybridized carbons (Fsp3) is 0.462. The first-order valence-electron chi connectivity index (χ1n) is 10.8. The lowest BCUT2D eigenvalue weighted by Gasteiger charge is -2.36. The molecule has 1 unspecified atom stereocenters. The molecule has 0 saturated heterocycles. The summed E-state index contributed by atoms with van der Waals surface area (Å²) in [4.78, 5) is 26.6. The summed E-state index contributed by atoms with van der Waals surface area (Å²) in [7, 11) is 1.33. The summed E-state index contributed by atoms with van der Waals surface area (Å²) in [5.41, 5.74) is 2.54. The Kier molecular flexibility index (Phi) is 6.54. The molecule has 6 nitrogen and oxygen atoms in total. The molecule has 1 aliphatic rings. The van der Waals surface area contributed by atoms with Gasteiger partial charge in [-0.05, 0) is 67.1 Å². The highest BCUT2D eigenvalue weighted by molar-refractivity contribution is 5.82. The van der Waals surface area contributed by atoms with Crippen LogP contribution in [-0.2, 0) is 32.6 Å². The van der Waals surface area contributed by atoms with Gasteiger partial charge in [0.1, 0.15) is 23.1 Å². The van der Waals surface area contributed by atoms with Gasteiger partial charge in [0.15, 0.2) is 0 Å². The van der Waals surface area contributed by atoms with Crippen molar-refractivity contribution in [1.29, 1.82) is 0 Å². The maximum atomic E-state index is 12.8. The number of rotatable bonds is 3. The summed E-state index contributed by atoms with van der Waals surface area (Å²) in [5, 5.41) is 0. The van der Waals surface area contributed by atoms with E-state index in [1.54, 1.807) is 20.8 Å². The Bertz CT molecular complexity index is 983.